The van der Waals surface area contributed by atoms with Gasteiger partial charge in [-0.05, 0) is 26.3 Å². The fourth-order valence-corrected chi connectivity index (χ4v) is 5.47. The zero-order chi connectivity index (χ0) is 24.6. The maximum Gasteiger partial charge on any atom is 0.251 e. The molecule has 2 rings (SSSR count). The van der Waals surface area contributed by atoms with Gasteiger partial charge in [0.1, 0.15) is 6.54 Å². The Hall–Kier alpha value is -2.24. The summed E-state index contributed by atoms with van der Waals surface area (Å²) in [4.78, 5) is 43.2. The van der Waals surface area contributed by atoms with Gasteiger partial charge in [0, 0.05) is 64.6 Å². The molecule has 0 spiro atoms. The van der Waals surface area contributed by atoms with Gasteiger partial charge in [-0.25, -0.2) is 8.42 Å². The zero-order valence-electron chi connectivity index (χ0n) is 20.2. The van der Waals surface area contributed by atoms with Crippen LogP contribution in [-0.4, -0.2) is 103 Å². The van der Waals surface area contributed by atoms with Gasteiger partial charge in [-0.3, -0.25) is 19.3 Å². The molecular formula is C22H37N5O5S. The number of aromatic nitrogens is 1. The molecule has 2 heterocycles. The first kappa shape index (κ1) is 27.0. The van der Waals surface area contributed by atoms with Crippen LogP contribution in [0.25, 0.3) is 0 Å². The first-order valence-corrected chi connectivity index (χ1v) is 13.1. The zero-order valence-corrected chi connectivity index (χ0v) is 21.0. The molecule has 1 aliphatic rings. The smallest absolute Gasteiger partial charge is 0.251 e. The molecule has 0 saturated carbocycles. The summed E-state index contributed by atoms with van der Waals surface area (Å²) < 4.78 is 28.0. The van der Waals surface area contributed by atoms with E-state index in [1.54, 1.807) is 23.6 Å². The molecule has 1 fully saturated rings. The predicted octanol–water partition coefficient (Wildman–Crippen LogP) is 0.282. The molecule has 0 unspecified atom stereocenters. The molecule has 0 radical (unpaired) electrons. The molecule has 10 nitrogen and oxygen atoms in total. The third-order valence-electron chi connectivity index (χ3n) is 6.02. The summed E-state index contributed by atoms with van der Waals surface area (Å²) in [6, 6.07) is 2.47. The normalized spacial score (nSPS) is 15.5. The van der Waals surface area contributed by atoms with Crippen LogP contribution in [0.15, 0.2) is 28.0 Å². The summed E-state index contributed by atoms with van der Waals surface area (Å²) in [5.74, 6) is -0.163. The molecule has 1 aromatic heterocycles. The van der Waals surface area contributed by atoms with Crippen molar-refractivity contribution < 1.29 is 18.0 Å². The monoisotopic (exact) mass is 483 g/mol. The molecule has 2 amide bonds. The lowest BCUT2D eigenvalue weighted by molar-refractivity contribution is -0.132. The average molecular weight is 484 g/mol. The molecule has 1 aliphatic heterocycles. The number of likely N-dealkylation sites (N-methyl/N-ethyl adjacent to an activating group) is 1. The average Bonchev–Trinajstić information content (AvgIpc) is 3.02. The second kappa shape index (κ2) is 12.3. The van der Waals surface area contributed by atoms with E-state index in [1.807, 2.05) is 13.8 Å². The number of amides is 2. The Kier molecular flexibility index (Phi) is 10.1. The van der Waals surface area contributed by atoms with Gasteiger partial charge in [0.05, 0.1) is 11.4 Å². The fraction of sp³-hybridized carbons (Fsp3) is 0.682. The number of sulfonamides is 1. The first-order valence-electron chi connectivity index (χ1n) is 11.7. The molecule has 1 aromatic rings. The maximum atomic E-state index is 12.9. The largest absolute Gasteiger partial charge is 0.342 e. The van der Waals surface area contributed by atoms with Gasteiger partial charge in [-0.15, -0.1) is 0 Å². The van der Waals surface area contributed by atoms with Crippen molar-refractivity contribution in [3.63, 3.8) is 0 Å². The summed E-state index contributed by atoms with van der Waals surface area (Å²) in [6.07, 6.45) is 1.98. The predicted molar refractivity (Wildman–Crippen MR) is 126 cm³/mol. The highest BCUT2D eigenvalue weighted by atomic mass is 32.2. The standard InChI is InChI=1S/C22H37N5O5S/c1-5-24(6-2)21(29)17-23-12-9-13-25(15-14-23)22(30)18-26-16-19(10-11-20(26)28)33(31,32)27(7-3)8-4/h10-11,16H,5-9,12-15,17-18H2,1-4H3. The van der Waals surface area contributed by atoms with Crippen molar-refractivity contribution in [1.29, 1.82) is 0 Å². The minimum absolute atomic E-state index is 0.00411. The summed E-state index contributed by atoms with van der Waals surface area (Å²) in [5.41, 5.74) is -0.428. The van der Waals surface area contributed by atoms with Crippen molar-refractivity contribution in [3.8, 4) is 0 Å². The molecule has 0 aromatic carbocycles. The van der Waals surface area contributed by atoms with Crippen LogP contribution >= 0.6 is 0 Å². The van der Waals surface area contributed by atoms with Gasteiger partial charge >= 0.3 is 0 Å². The molecule has 1 saturated heterocycles. The van der Waals surface area contributed by atoms with Gasteiger partial charge < -0.3 is 14.4 Å². The van der Waals surface area contributed by atoms with Gasteiger partial charge in [-0.1, -0.05) is 13.8 Å². The van der Waals surface area contributed by atoms with Crippen molar-refractivity contribution in [3.05, 3.63) is 28.7 Å². The van der Waals surface area contributed by atoms with Gasteiger partial charge in [0.15, 0.2) is 0 Å². The number of pyridine rings is 1. The topological polar surface area (TPSA) is 103 Å². The van der Waals surface area contributed by atoms with Crippen LogP contribution in [0.2, 0.25) is 0 Å². The van der Waals surface area contributed by atoms with Crippen molar-refractivity contribution in [2.24, 2.45) is 0 Å². The van der Waals surface area contributed by atoms with E-state index in [9.17, 15) is 22.8 Å². The highest BCUT2D eigenvalue weighted by Crippen LogP contribution is 2.14. The molecule has 11 heteroatoms. The second-order valence-electron chi connectivity index (χ2n) is 8.00. The van der Waals surface area contributed by atoms with E-state index in [4.69, 9.17) is 0 Å². The Labute approximate surface area is 196 Å². The minimum Gasteiger partial charge on any atom is -0.342 e. The molecular weight excluding hydrogens is 446 g/mol. The maximum absolute atomic E-state index is 12.9. The van der Waals surface area contributed by atoms with Crippen LogP contribution in [0.3, 0.4) is 0 Å². The molecule has 0 aliphatic carbocycles. The molecule has 0 N–H and O–H groups in total. The van der Waals surface area contributed by atoms with Crippen LogP contribution in [0, 0.1) is 0 Å². The third kappa shape index (κ3) is 6.87. The number of rotatable bonds is 10. The third-order valence-corrected chi connectivity index (χ3v) is 8.05. The highest BCUT2D eigenvalue weighted by molar-refractivity contribution is 7.89. The van der Waals surface area contributed by atoms with Crippen LogP contribution in [0.5, 0.6) is 0 Å². The lowest BCUT2D eigenvalue weighted by Crippen LogP contribution is -2.42. The van der Waals surface area contributed by atoms with Gasteiger partial charge in [0.2, 0.25) is 21.8 Å². The van der Waals surface area contributed by atoms with E-state index in [2.05, 4.69) is 4.90 Å². The Bertz CT molecular complexity index is 970. The molecule has 0 bridgehead atoms. The van der Waals surface area contributed by atoms with Crippen molar-refractivity contribution >= 4 is 21.8 Å². The lowest BCUT2D eigenvalue weighted by Gasteiger charge is -2.25. The molecule has 33 heavy (non-hydrogen) atoms. The van der Waals surface area contributed by atoms with E-state index < -0.39 is 15.6 Å². The summed E-state index contributed by atoms with van der Waals surface area (Å²) in [7, 11) is -3.73. The number of hydrogen-bond donors (Lipinski definition) is 0. The van der Waals surface area contributed by atoms with E-state index in [1.165, 1.54) is 22.6 Å². The Morgan fingerprint density at radius 3 is 2.18 bits per heavy atom. The van der Waals surface area contributed by atoms with E-state index in [0.29, 0.717) is 58.9 Å². The quantitative estimate of drug-likeness (QED) is 0.474. The van der Waals surface area contributed by atoms with Gasteiger partial charge in [0.25, 0.3) is 5.56 Å². The second-order valence-corrected chi connectivity index (χ2v) is 9.93. The SMILES string of the molecule is CCN(CC)C(=O)CN1CCCN(C(=O)Cn2cc(S(=O)(=O)N(CC)CC)ccc2=O)CC1. The van der Waals surface area contributed by atoms with Crippen molar-refractivity contribution in [1.82, 2.24) is 23.6 Å². The number of hydrogen-bond acceptors (Lipinski definition) is 6. The number of nitrogens with zero attached hydrogens (tertiary/aromatic N) is 5. The highest BCUT2D eigenvalue weighted by Gasteiger charge is 2.25. The molecule has 0 atom stereocenters. The number of carbonyl (C=O) groups is 2. The van der Waals surface area contributed by atoms with E-state index in [0.717, 1.165) is 11.0 Å². The minimum atomic E-state index is -3.73. The van der Waals surface area contributed by atoms with E-state index in [-0.39, 0.29) is 23.3 Å². The summed E-state index contributed by atoms with van der Waals surface area (Å²) in [5, 5.41) is 0. The van der Waals surface area contributed by atoms with Gasteiger partial charge in [-0.2, -0.15) is 4.31 Å². The van der Waals surface area contributed by atoms with Crippen LogP contribution < -0.4 is 5.56 Å². The number of carbonyl (C=O) groups excluding carboxylic acids is 2. The van der Waals surface area contributed by atoms with E-state index >= 15 is 0 Å². The first-order chi connectivity index (χ1) is 15.7. The van der Waals surface area contributed by atoms with Crippen molar-refractivity contribution in [2.75, 3.05) is 58.9 Å². The summed E-state index contributed by atoms with van der Waals surface area (Å²) in [6.45, 7) is 11.8. The van der Waals surface area contributed by atoms with Crippen LogP contribution in [-0.2, 0) is 26.2 Å². The fourth-order valence-electron chi connectivity index (χ4n) is 3.99. The Balaban J connectivity index is 2.07. The Morgan fingerprint density at radius 1 is 0.909 bits per heavy atom. The van der Waals surface area contributed by atoms with Crippen LogP contribution in [0.1, 0.15) is 34.1 Å². The van der Waals surface area contributed by atoms with Crippen LogP contribution in [0.4, 0.5) is 0 Å². The summed E-state index contributed by atoms with van der Waals surface area (Å²) >= 11 is 0. The van der Waals surface area contributed by atoms with Crippen molar-refractivity contribution in [2.45, 2.75) is 45.6 Å². The Morgan fingerprint density at radius 2 is 1.58 bits per heavy atom. The lowest BCUT2D eigenvalue weighted by atomic mass is 10.3. The molecule has 186 valence electrons.